The molecular formula is C21H28O6. The topological polar surface area (TPSA) is 121 Å². The van der Waals surface area contributed by atoms with Crippen LogP contribution < -0.4 is 0 Å². The maximum Gasteiger partial charge on any atom is 0.0688 e. The molecule has 6 N–H and O–H groups in total. The lowest BCUT2D eigenvalue weighted by Crippen LogP contribution is -2.22. The van der Waals surface area contributed by atoms with Crippen LogP contribution in [0.25, 0.3) is 0 Å². The van der Waals surface area contributed by atoms with E-state index in [0.717, 1.165) is 11.1 Å². The molecule has 6 nitrogen and oxygen atoms in total. The van der Waals surface area contributed by atoms with Crippen molar-refractivity contribution in [1.82, 2.24) is 0 Å². The van der Waals surface area contributed by atoms with Crippen LogP contribution in [0, 0.1) is 0 Å². The van der Waals surface area contributed by atoms with Crippen molar-refractivity contribution in [3.05, 3.63) is 68.8 Å². The molecule has 0 atom stereocenters. The molecule has 0 aliphatic carbocycles. The van der Waals surface area contributed by atoms with Gasteiger partial charge in [0.2, 0.25) is 0 Å². The molecule has 148 valence electrons. The third kappa shape index (κ3) is 4.06. The number of benzene rings is 2. The molecular weight excluding hydrogens is 348 g/mol. The molecule has 0 radical (unpaired) electrons. The van der Waals surface area contributed by atoms with Crippen LogP contribution in [0.2, 0.25) is 0 Å². The van der Waals surface area contributed by atoms with E-state index in [0.29, 0.717) is 33.4 Å². The van der Waals surface area contributed by atoms with Gasteiger partial charge in [-0.1, -0.05) is 38.1 Å². The van der Waals surface area contributed by atoms with Crippen LogP contribution in [0.1, 0.15) is 58.4 Å². The minimum absolute atomic E-state index is 0.264. The summed E-state index contributed by atoms with van der Waals surface area (Å²) in [6.45, 7) is 2.31. The normalized spacial score (nSPS) is 11.9. The zero-order valence-electron chi connectivity index (χ0n) is 15.7. The first-order chi connectivity index (χ1) is 12.9. The van der Waals surface area contributed by atoms with Gasteiger partial charge >= 0.3 is 0 Å². The Morgan fingerprint density at radius 2 is 0.778 bits per heavy atom. The fourth-order valence-corrected chi connectivity index (χ4v) is 3.45. The summed E-state index contributed by atoms with van der Waals surface area (Å²) >= 11 is 0. The van der Waals surface area contributed by atoms with Crippen LogP contribution in [-0.2, 0) is 45.1 Å². The standard InChI is InChI=1S/C21H28O6/c1-21(2,17-3-13(7-22)19(11-26)14(4-17)8-23)18-5-15(9-24)20(12-27)16(6-18)10-25/h3-6,22-27H,7-12H2,1-2H3. The number of aliphatic hydroxyl groups is 6. The monoisotopic (exact) mass is 376 g/mol. The minimum Gasteiger partial charge on any atom is -0.392 e. The van der Waals surface area contributed by atoms with Crippen LogP contribution in [0.15, 0.2) is 24.3 Å². The van der Waals surface area contributed by atoms with E-state index in [1.54, 1.807) is 24.3 Å². The number of hydrogen-bond donors (Lipinski definition) is 6. The quantitative estimate of drug-likeness (QED) is 0.408. The highest BCUT2D eigenvalue weighted by molar-refractivity contribution is 5.49. The number of aliphatic hydroxyl groups excluding tert-OH is 6. The molecule has 0 fully saturated rings. The summed E-state index contributed by atoms with van der Waals surface area (Å²) in [5.41, 5.74) is 4.27. The van der Waals surface area contributed by atoms with Crippen molar-refractivity contribution < 1.29 is 30.6 Å². The highest BCUT2D eigenvalue weighted by Gasteiger charge is 2.27. The van der Waals surface area contributed by atoms with E-state index in [1.165, 1.54) is 0 Å². The molecule has 0 bridgehead atoms. The molecule has 2 aromatic rings. The lowest BCUT2D eigenvalue weighted by Gasteiger charge is -2.30. The van der Waals surface area contributed by atoms with Crippen LogP contribution in [0.5, 0.6) is 0 Å². The highest BCUT2D eigenvalue weighted by atomic mass is 16.3. The summed E-state index contributed by atoms with van der Waals surface area (Å²) in [7, 11) is 0. The minimum atomic E-state index is -0.580. The van der Waals surface area contributed by atoms with Crippen molar-refractivity contribution >= 4 is 0 Å². The second-order valence-corrected chi connectivity index (χ2v) is 7.12. The van der Waals surface area contributed by atoms with Crippen molar-refractivity contribution in [2.45, 2.75) is 58.9 Å². The molecule has 0 saturated carbocycles. The predicted octanol–water partition coefficient (Wildman–Crippen LogP) is 0.966. The van der Waals surface area contributed by atoms with E-state index >= 15 is 0 Å². The Labute approximate surface area is 159 Å². The van der Waals surface area contributed by atoms with Crippen LogP contribution in [0.3, 0.4) is 0 Å². The first-order valence-electron chi connectivity index (χ1n) is 8.83. The average Bonchev–Trinajstić information content (AvgIpc) is 2.70. The Hall–Kier alpha value is -1.80. The molecule has 0 unspecified atom stereocenters. The Bertz CT molecular complexity index is 682. The second kappa shape index (κ2) is 8.93. The molecule has 0 spiro atoms. The maximum absolute atomic E-state index is 9.68. The zero-order valence-corrected chi connectivity index (χ0v) is 15.7. The Morgan fingerprint density at radius 3 is 0.963 bits per heavy atom. The van der Waals surface area contributed by atoms with E-state index in [1.807, 2.05) is 13.8 Å². The van der Waals surface area contributed by atoms with Gasteiger partial charge in [-0.25, -0.2) is 0 Å². The van der Waals surface area contributed by atoms with Crippen molar-refractivity contribution in [3.63, 3.8) is 0 Å². The summed E-state index contributed by atoms with van der Waals surface area (Å²) < 4.78 is 0. The van der Waals surface area contributed by atoms with E-state index in [-0.39, 0.29) is 39.6 Å². The van der Waals surface area contributed by atoms with Gasteiger partial charge in [-0.05, 0) is 44.5 Å². The van der Waals surface area contributed by atoms with E-state index < -0.39 is 5.41 Å². The predicted molar refractivity (Wildman–Crippen MR) is 101 cm³/mol. The molecule has 2 aromatic carbocycles. The molecule has 0 aromatic heterocycles. The molecule has 0 aliphatic heterocycles. The second-order valence-electron chi connectivity index (χ2n) is 7.12. The van der Waals surface area contributed by atoms with Crippen LogP contribution in [0.4, 0.5) is 0 Å². The molecule has 0 heterocycles. The fraction of sp³-hybridized carbons (Fsp3) is 0.429. The summed E-state index contributed by atoms with van der Waals surface area (Å²) in [6.07, 6.45) is 0. The van der Waals surface area contributed by atoms with Crippen molar-refractivity contribution in [2.75, 3.05) is 0 Å². The van der Waals surface area contributed by atoms with Crippen molar-refractivity contribution in [2.24, 2.45) is 0 Å². The van der Waals surface area contributed by atoms with Crippen molar-refractivity contribution in [3.8, 4) is 0 Å². The van der Waals surface area contributed by atoms with Gasteiger partial charge < -0.3 is 30.6 Å². The SMILES string of the molecule is CC(C)(c1cc(CO)c(CO)c(CO)c1)c1cc(CO)c(CO)c(CO)c1. The summed E-state index contributed by atoms with van der Waals surface area (Å²) in [4.78, 5) is 0. The lowest BCUT2D eigenvalue weighted by atomic mass is 9.75. The third-order valence-corrected chi connectivity index (χ3v) is 5.31. The molecule has 0 aliphatic rings. The fourth-order valence-electron chi connectivity index (χ4n) is 3.45. The average molecular weight is 376 g/mol. The molecule has 0 saturated heterocycles. The van der Waals surface area contributed by atoms with Gasteiger partial charge in [0.1, 0.15) is 0 Å². The summed E-state index contributed by atoms with van der Waals surface area (Å²) in [5.74, 6) is 0. The largest absolute Gasteiger partial charge is 0.392 e. The van der Waals surface area contributed by atoms with Crippen molar-refractivity contribution in [1.29, 1.82) is 0 Å². The zero-order chi connectivity index (χ0) is 20.2. The van der Waals surface area contributed by atoms with Gasteiger partial charge in [0.05, 0.1) is 39.6 Å². The maximum atomic E-state index is 9.68. The van der Waals surface area contributed by atoms with Crippen LogP contribution >= 0.6 is 0 Å². The Morgan fingerprint density at radius 1 is 0.519 bits per heavy atom. The Balaban J connectivity index is 2.68. The van der Waals surface area contributed by atoms with E-state index in [9.17, 15) is 30.6 Å². The van der Waals surface area contributed by atoms with Gasteiger partial charge in [0, 0.05) is 5.41 Å². The third-order valence-electron chi connectivity index (χ3n) is 5.31. The van der Waals surface area contributed by atoms with Gasteiger partial charge in [-0.3, -0.25) is 0 Å². The molecule has 0 amide bonds. The smallest absolute Gasteiger partial charge is 0.0688 e. The van der Waals surface area contributed by atoms with E-state index in [2.05, 4.69) is 0 Å². The molecule has 6 heteroatoms. The highest BCUT2D eigenvalue weighted by Crippen LogP contribution is 2.36. The molecule has 2 rings (SSSR count). The number of hydrogen-bond acceptors (Lipinski definition) is 6. The van der Waals surface area contributed by atoms with Gasteiger partial charge in [0.25, 0.3) is 0 Å². The lowest BCUT2D eigenvalue weighted by molar-refractivity contribution is 0.247. The summed E-state index contributed by atoms with van der Waals surface area (Å²) in [5, 5.41) is 57.8. The first-order valence-corrected chi connectivity index (χ1v) is 8.83. The summed E-state index contributed by atoms with van der Waals surface area (Å²) in [6, 6.07) is 7.17. The van der Waals surface area contributed by atoms with E-state index in [4.69, 9.17) is 0 Å². The Kier molecular flexibility index (Phi) is 7.11. The number of rotatable bonds is 8. The first kappa shape index (κ1) is 21.5. The van der Waals surface area contributed by atoms with Crippen LogP contribution in [-0.4, -0.2) is 30.6 Å². The van der Waals surface area contributed by atoms with Gasteiger partial charge in [-0.15, -0.1) is 0 Å². The van der Waals surface area contributed by atoms with Gasteiger partial charge in [0.15, 0.2) is 0 Å². The molecule has 27 heavy (non-hydrogen) atoms. The van der Waals surface area contributed by atoms with Gasteiger partial charge in [-0.2, -0.15) is 0 Å².